The van der Waals surface area contributed by atoms with Crippen molar-refractivity contribution in [1.29, 1.82) is 0 Å². The lowest BCUT2D eigenvalue weighted by molar-refractivity contribution is 0.244. The van der Waals surface area contributed by atoms with E-state index in [0.29, 0.717) is 10.0 Å². The van der Waals surface area contributed by atoms with Crippen molar-refractivity contribution < 1.29 is 4.79 Å². The van der Waals surface area contributed by atoms with E-state index in [1.807, 2.05) is 6.07 Å². The highest BCUT2D eigenvalue weighted by Crippen LogP contribution is 2.46. The van der Waals surface area contributed by atoms with Crippen LogP contribution in [0.1, 0.15) is 18.4 Å². The summed E-state index contributed by atoms with van der Waals surface area (Å²) < 4.78 is 0. The van der Waals surface area contributed by atoms with Gasteiger partial charge in [0, 0.05) is 0 Å². The highest BCUT2D eigenvalue weighted by molar-refractivity contribution is 6.42. The van der Waals surface area contributed by atoms with Crippen LogP contribution in [0.25, 0.3) is 0 Å². The van der Waals surface area contributed by atoms with Gasteiger partial charge in [-0.1, -0.05) is 29.3 Å². The van der Waals surface area contributed by atoms with Crippen molar-refractivity contribution in [3.05, 3.63) is 33.8 Å². The van der Waals surface area contributed by atoms with E-state index in [1.54, 1.807) is 12.1 Å². The molecule has 1 aliphatic rings. The van der Waals surface area contributed by atoms with E-state index >= 15 is 0 Å². The van der Waals surface area contributed by atoms with Crippen LogP contribution in [-0.2, 0) is 5.54 Å². The molecule has 0 heterocycles. The van der Waals surface area contributed by atoms with Gasteiger partial charge in [-0.3, -0.25) is 0 Å². The Bertz CT molecular complexity index is 416. The van der Waals surface area contributed by atoms with E-state index in [9.17, 15) is 4.79 Å². The van der Waals surface area contributed by atoms with Gasteiger partial charge in [0.15, 0.2) is 0 Å². The quantitative estimate of drug-likeness (QED) is 0.826. The second-order valence-electron chi connectivity index (χ2n) is 3.70. The SMILES string of the molecule is NC(=O)NC1(c2ccc(Cl)c(Cl)c2)CC1. The summed E-state index contributed by atoms with van der Waals surface area (Å²) in [5.74, 6) is 0. The molecule has 2 amide bonds. The molecular formula is C10H10Cl2N2O. The number of nitrogens with one attached hydrogen (secondary N) is 1. The van der Waals surface area contributed by atoms with Crippen molar-refractivity contribution in [2.75, 3.05) is 0 Å². The van der Waals surface area contributed by atoms with Crippen molar-refractivity contribution in [2.24, 2.45) is 5.73 Å². The summed E-state index contributed by atoms with van der Waals surface area (Å²) in [6.45, 7) is 0. The number of carbonyl (C=O) groups is 1. The third-order valence-electron chi connectivity index (χ3n) is 2.58. The van der Waals surface area contributed by atoms with Crippen LogP contribution >= 0.6 is 23.2 Å². The zero-order valence-electron chi connectivity index (χ0n) is 7.89. The highest BCUT2D eigenvalue weighted by atomic mass is 35.5. The molecule has 1 aliphatic carbocycles. The van der Waals surface area contributed by atoms with Crippen LogP contribution in [-0.4, -0.2) is 6.03 Å². The third-order valence-corrected chi connectivity index (χ3v) is 3.32. The number of halogens is 2. The maximum atomic E-state index is 10.8. The standard InChI is InChI=1S/C10H10Cl2N2O/c11-7-2-1-6(5-8(7)12)10(3-4-10)14-9(13)15/h1-2,5H,3-4H2,(H3,13,14,15). The molecule has 0 unspecified atom stereocenters. The van der Waals surface area contributed by atoms with Gasteiger partial charge in [-0.2, -0.15) is 0 Å². The lowest BCUT2D eigenvalue weighted by atomic mass is 10.1. The summed E-state index contributed by atoms with van der Waals surface area (Å²) in [5.41, 5.74) is 5.75. The first-order valence-electron chi connectivity index (χ1n) is 4.57. The summed E-state index contributed by atoms with van der Waals surface area (Å²) in [5, 5.41) is 3.73. The molecule has 0 radical (unpaired) electrons. The van der Waals surface area contributed by atoms with Gasteiger partial charge in [0.05, 0.1) is 15.6 Å². The summed E-state index contributed by atoms with van der Waals surface area (Å²) in [6.07, 6.45) is 1.77. The van der Waals surface area contributed by atoms with E-state index in [0.717, 1.165) is 18.4 Å². The molecule has 80 valence electrons. The molecule has 0 aromatic heterocycles. The van der Waals surface area contributed by atoms with Crippen molar-refractivity contribution in [2.45, 2.75) is 18.4 Å². The van der Waals surface area contributed by atoms with Crippen LogP contribution in [0.5, 0.6) is 0 Å². The zero-order valence-corrected chi connectivity index (χ0v) is 9.40. The molecular weight excluding hydrogens is 235 g/mol. The Kier molecular flexibility index (Phi) is 2.52. The van der Waals surface area contributed by atoms with Gasteiger partial charge in [-0.05, 0) is 30.5 Å². The van der Waals surface area contributed by atoms with Crippen LogP contribution in [0.15, 0.2) is 18.2 Å². The van der Waals surface area contributed by atoms with Gasteiger partial charge in [0.1, 0.15) is 0 Å². The van der Waals surface area contributed by atoms with E-state index in [2.05, 4.69) is 5.32 Å². The van der Waals surface area contributed by atoms with E-state index in [-0.39, 0.29) is 5.54 Å². The number of nitrogens with two attached hydrogens (primary N) is 1. The highest BCUT2D eigenvalue weighted by Gasteiger charge is 2.45. The summed E-state index contributed by atoms with van der Waals surface area (Å²) in [4.78, 5) is 10.8. The van der Waals surface area contributed by atoms with Gasteiger partial charge >= 0.3 is 6.03 Å². The van der Waals surface area contributed by atoms with Crippen molar-refractivity contribution in [3.8, 4) is 0 Å². The molecule has 3 nitrogen and oxygen atoms in total. The fourth-order valence-corrected chi connectivity index (χ4v) is 1.94. The average molecular weight is 245 g/mol. The monoisotopic (exact) mass is 244 g/mol. The van der Waals surface area contributed by atoms with Crippen molar-refractivity contribution in [1.82, 2.24) is 5.32 Å². The molecule has 0 atom stereocenters. The number of amides is 2. The van der Waals surface area contributed by atoms with E-state index in [1.165, 1.54) is 0 Å². The average Bonchev–Trinajstić information content (AvgIpc) is 2.89. The maximum Gasteiger partial charge on any atom is 0.312 e. The summed E-state index contributed by atoms with van der Waals surface area (Å²) >= 11 is 11.7. The maximum absolute atomic E-state index is 10.8. The van der Waals surface area contributed by atoms with E-state index < -0.39 is 6.03 Å². The Morgan fingerprint density at radius 2 is 2.00 bits per heavy atom. The van der Waals surface area contributed by atoms with Gasteiger partial charge in [-0.25, -0.2) is 4.79 Å². The normalized spacial score (nSPS) is 17.2. The Morgan fingerprint density at radius 1 is 1.33 bits per heavy atom. The zero-order chi connectivity index (χ0) is 11.1. The third kappa shape index (κ3) is 2.03. The van der Waals surface area contributed by atoms with Gasteiger partial charge < -0.3 is 11.1 Å². The van der Waals surface area contributed by atoms with Gasteiger partial charge in [-0.15, -0.1) is 0 Å². The first-order chi connectivity index (χ1) is 7.03. The topological polar surface area (TPSA) is 55.1 Å². The van der Waals surface area contributed by atoms with Crippen LogP contribution in [0.2, 0.25) is 10.0 Å². The number of hydrogen-bond acceptors (Lipinski definition) is 1. The predicted octanol–water partition coefficient (Wildman–Crippen LogP) is 2.65. The minimum absolute atomic E-state index is 0.319. The Hall–Kier alpha value is -0.930. The summed E-state index contributed by atoms with van der Waals surface area (Å²) in [6, 6.07) is 4.84. The smallest absolute Gasteiger partial charge is 0.312 e. The minimum Gasteiger partial charge on any atom is -0.352 e. The van der Waals surface area contributed by atoms with Crippen LogP contribution in [0.3, 0.4) is 0 Å². The van der Waals surface area contributed by atoms with Gasteiger partial charge in [0.25, 0.3) is 0 Å². The predicted molar refractivity (Wildman–Crippen MR) is 60.1 cm³/mol. The molecule has 1 fully saturated rings. The Labute approximate surface area is 97.5 Å². The molecule has 1 aromatic rings. The molecule has 1 saturated carbocycles. The number of primary amides is 1. The lowest BCUT2D eigenvalue weighted by Gasteiger charge is -2.16. The second kappa shape index (κ2) is 3.58. The molecule has 5 heteroatoms. The molecule has 3 N–H and O–H groups in total. The first-order valence-corrected chi connectivity index (χ1v) is 5.32. The molecule has 2 rings (SSSR count). The minimum atomic E-state index is -0.515. The van der Waals surface area contributed by atoms with Crippen LogP contribution in [0, 0.1) is 0 Å². The molecule has 0 saturated heterocycles. The molecule has 0 spiro atoms. The fourth-order valence-electron chi connectivity index (χ4n) is 1.64. The largest absolute Gasteiger partial charge is 0.352 e. The molecule has 0 aliphatic heterocycles. The van der Waals surface area contributed by atoms with Gasteiger partial charge in [0.2, 0.25) is 0 Å². The number of carbonyl (C=O) groups excluding carboxylic acids is 1. The molecule has 15 heavy (non-hydrogen) atoms. The number of rotatable bonds is 2. The van der Waals surface area contributed by atoms with E-state index in [4.69, 9.17) is 28.9 Å². The first kappa shape index (κ1) is 10.6. The molecule has 0 bridgehead atoms. The fraction of sp³-hybridized carbons (Fsp3) is 0.300. The Balaban J connectivity index is 2.29. The number of benzene rings is 1. The molecule has 1 aromatic carbocycles. The second-order valence-corrected chi connectivity index (χ2v) is 4.51. The van der Waals surface area contributed by atoms with Crippen LogP contribution < -0.4 is 11.1 Å². The Morgan fingerprint density at radius 3 is 2.47 bits per heavy atom. The van der Waals surface area contributed by atoms with Crippen molar-refractivity contribution in [3.63, 3.8) is 0 Å². The summed E-state index contributed by atoms with van der Waals surface area (Å²) in [7, 11) is 0. The lowest BCUT2D eigenvalue weighted by Crippen LogP contribution is -2.38. The van der Waals surface area contributed by atoms with Crippen LogP contribution in [0.4, 0.5) is 4.79 Å². The number of urea groups is 1. The number of hydrogen-bond donors (Lipinski definition) is 2. The van der Waals surface area contributed by atoms with Crippen molar-refractivity contribution >= 4 is 29.2 Å².